The molecule has 0 aliphatic carbocycles. The minimum absolute atomic E-state index is 0.00710. The molecule has 92 valence electrons. The van der Waals surface area contributed by atoms with Crippen molar-refractivity contribution in [2.75, 3.05) is 19.8 Å². The minimum Gasteiger partial charge on any atom is -0.483 e. The van der Waals surface area contributed by atoms with E-state index in [0.717, 1.165) is 3.57 Å². The molecule has 0 aromatic heterocycles. The normalized spacial score (nSPS) is 15.2. The van der Waals surface area contributed by atoms with Crippen molar-refractivity contribution in [2.24, 2.45) is 0 Å². The molecule has 1 aliphatic heterocycles. The fraction of sp³-hybridized carbons (Fsp3) is 0.364. The van der Waals surface area contributed by atoms with E-state index in [-0.39, 0.29) is 18.6 Å². The van der Waals surface area contributed by atoms with E-state index in [4.69, 9.17) is 21.1 Å². The molecule has 0 bridgehead atoms. The van der Waals surface area contributed by atoms with Gasteiger partial charge in [-0.2, -0.15) is 0 Å². The van der Waals surface area contributed by atoms with E-state index in [0.29, 0.717) is 24.0 Å². The summed E-state index contributed by atoms with van der Waals surface area (Å²) in [6.07, 6.45) is 0. The highest BCUT2D eigenvalue weighted by molar-refractivity contribution is 14.1. The van der Waals surface area contributed by atoms with Crippen LogP contribution in [-0.4, -0.2) is 31.8 Å². The van der Waals surface area contributed by atoms with Crippen LogP contribution in [-0.2, 0) is 9.53 Å². The quantitative estimate of drug-likeness (QED) is 0.826. The first-order valence-electron chi connectivity index (χ1n) is 5.10. The Bertz CT molecular complexity index is 423. The summed E-state index contributed by atoms with van der Waals surface area (Å²) in [4.78, 5) is 11.5. The summed E-state index contributed by atoms with van der Waals surface area (Å²) >= 11 is 7.98. The van der Waals surface area contributed by atoms with Crippen LogP contribution in [0.5, 0.6) is 5.75 Å². The maximum absolute atomic E-state index is 11.5. The molecular weight excluding hydrogens is 356 g/mol. The zero-order chi connectivity index (χ0) is 12.3. The first-order valence-corrected chi connectivity index (χ1v) is 6.56. The highest BCUT2D eigenvalue weighted by Gasteiger charge is 2.20. The second-order valence-corrected chi connectivity index (χ2v) is 5.26. The van der Waals surface area contributed by atoms with Crippen molar-refractivity contribution in [1.82, 2.24) is 5.32 Å². The van der Waals surface area contributed by atoms with Crippen LogP contribution in [0.4, 0.5) is 0 Å². The van der Waals surface area contributed by atoms with Crippen LogP contribution in [0, 0.1) is 3.57 Å². The number of benzene rings is 1. The van der Waals surface area contributed by atoms with Crippen molar-refractivity contribution in [3.05, 3.63) is 26.8 Å². The lowest BCUT2D eigenvalue weighted by Crippen LogP contribution is -2.49. The third kappa shape index (κ3) is 3.72. The van der Waals surface area contributed by atoms with Crippen molar-refractivity contribution in [1.29, 1.82) is 0 Å². The first kappa shape index (κ1) is 12.9. The number of rotatable bonds is 4. The summed E-state index contributed by atoms with van der Waals surface area (Å²) in [6.45, 7) is 1.16. The van der Waals surface area contributed by atoms with Gasteiger partial charge in [-0.15, -0.1) is 0 Å². The van der Waals surface area contributed by atoms with Gasteiger partial charge in [-0.1, -0.05) is 11.6 Å². The van der Waals surface area contributed by atoms with Crippen LogP contribution in [0.2, 0.25) is 5.02 Å². The second kappa shape index (κ2) is 5.88. The van der Waals surface area contributed by atoms with Gasteiger partial charge in [0.25, 0.3) is 5.91 Å². The monoisotopic (exact) mass is 367 g/mol. The fourth-order valence-electron chi connectivity index (χ4n) is 1.32. The highest BCUT2D eigenvalue weighted by Crippen LogP contribution is 2.24. The molecule has 2 rings (SSSR count). The summed E-state index contributed by atoms with van der Waals surface area (Å²) in [7, 11) is 0. The number of halogens is 2. The van der Waals surface area contributed by atoms with Gasteiger partial charge in [0.15, 0.2) is 6.61 Å². The number of hydrogen-bond donors (Lipinski definition) is 1. The maximum Gasteiger partial charge on any atom is 0.258 e. The Hall–Kier alpha value is -0.530. The zero-order valence-corrected chi connectivity index (χ0v) is 11.8. The molecule has 0 spiro atoms. The topological polar surface area (TPSA) is 47.6 Å². The lowest BCUT2D eigenvalue weighted by molar-refractivity contribution is -0.127. The first-order chi connectivity index (χ1) is 8.15. The Morgan fingerprint density at radius 1 is 1.59 bits per heavy atom. The third-order valence-electron chi connectivity index (χ3n) is 2.26. The zero-order valence-electron chi connectivity index (χ0n) is 8.91. The number of nitrogens with one attached hydrogen (secondary N) is 1. The van der Waals surface area contributed by atoms with E-state index in [1.54, 1.807) is 12.1 Å². The molecule has 1 saturated heterocycles. The van der Waals surface area contributed by atoms with E-state index in [9.17, 15) is 4.79 Å². The Morgan fingerprint density at radius 2 is 2.35 bits per heavy atom. The maximum atomic E-state index is 11.5. The molecule has 1 aromatic carbocycles. The molecule has 1 fully saturated rings. The Balaban J connectivity index is 1.83. The van der Waals surface area contributed by atoms with E-state index < -0.39 is 0 Å². The highest BCUT2D eigenvalue weighted by atomic mass is 127. The second-order valence-electron chi connectivity index (χ2n) is 3.67. The molecule has 0 unspecified atom stereocenters. The Morgan fingerprint density at radius 3 is 3.00 bits per heavy atom. The molecule has 0 atom stereocenters. The molecule has 1 N–H and O–H groups in total. The van der Waals surface area contributed by atoms with Crippen LogP contribution < -0.4 is 10.1 Å². The molecule has 4 nitrogen and oxygen atoms in total. The average molecular weight is 368 g/mol. The van der Waals surface area contributed by atoms with Crippen LogP contribution in [0.15, 0.2) is 18.2 Å². The van der Waals surface area contributed by atoms with Crippen molar-refractivity contribution < 1.29 is 14.3 Å². The number of carbonyl (C=O) groups is 1. The molecule has 0 radical (unpaired) electrons. The largest absolute Gasteiger partial charge is 0.483 e. The summed E-state index contributed by atoms with van der Waals surface area (Å²) in [5.74, 6) is 0.479. The van der Waals surface area contributed by atoms with E-state index >= 15 is 0 Å². The summed E-state index contributed by atoms with van der Waals surface area (Å²) in [6, 6.07) is 5.45. The van der Waals surface area contributed by atoms with Crippen molar-refractivity contribution in [3.8, 4) is 5.75 Å². The smallest absolute Gasteiger partial charge is 0.258 e. The Labute approximate surface area is 118 Å². The fourth-order valence-corrected chi connectivity index (χ4v) is 1.97. The molecule has 0 saturated carbocycles. The van der Waals surface area contributed by atoms with Crippen LogP contribution in [0.3, 0.4) is 0 Å². The van der Waals surface area contributed by atoms with Gasteiger partial charge in [0.2, 0.25) is 0 Å². The van der Waals surface area contributed by atoms with Crippen molar-refractivity contribution in [2.45, 2.75) is 6.04 Å². The minimum atomic E-state index is -0.144. The summed E-state index contributed by atoms with van der Waals surface area (Å²) in [5.41, 5.74) is 0. The van der Waals surface area contributed by atoms with E-state index in [2.05, 4.69) is 27.9 Å². The number of amides is 1. The summed E-state index contributed by atoms with van der Waals surface area (Å²) < 4.78 is 11.3. The standard InChI is InChI=1S/C11H11ClINO3/c12-7-1-2-9(13)10(3-7)17-6-11(15)14-8-4-16-5-8/h1-3,8H,4-6H2,(H,14,15). The van der Waals surface area contributed by atoms with Gasteiger partial charge in [-0.05, 0) is 40.8 Å². The van der Waals surface area contributed by atoms with E-state index in [1.165, 1.54) is 0 Å². The van der Waals surface area contributed by atoms with E-state index in [1.807, 2.05) is 6.07 Å². The predicted octanol–water partition coefficient (Wildman–Crippen LogP) is 1.84. The van der Waals surface area contributed by atoms with Gasteiger partial charge in [-0.3, -0.25) is 4.79 Å². The molecule has 1 aliphatic rings. The van der Waals surface area contributed by atoms with Crippen LogP contribution in [0.25, 0.3) is 0 Å². The number of carbonyl (C=O) groups excluding carboxylic acids is 1. The number of ether oxygens (including phenoxy) is 2. The molecule has 17 heavy (non-hydrogen) atoms. The predicted molar refractivity (Wildman–Crippen MR) is 72.4 cm³/mol. The van der Waals surface area contributed by atoms with Crippen LogP contribution >= 0.6 is 34.2 Å². The molecule has 1 amide bonds. The lowest BCUT2D eigenvalue weighted by Gasteiger charge is -2.26. The molecular formula is C11H11ClINO3. The molecule has 6 heteroatoms. The van der Waals surface area contributed by atoms with Crippen molar-refractivity contribution >= 4 is 40.1 Å². The van der Waals surface area contributed by atoms with Gasteiger partial charge in [0.05, 0.1) is 22.8 Å². The molecule has 1 aromatic rings. The van der Waals surface area contributed by atoms with Gasteiger partial charge < -0.3 is 14.8 Å². The van der Waals surface area contributed by atoms with Crippen LogP contribution in [0.1, 0.15) is 0 Å². The lowest BCUT2D eigenvalue weighted by atomic mass is 10.2. The molecule has 1 heterocycles. The van der Waals surface area contributed by atoms with Crippen molar-refractivity contribution in [3.63, 3.8) is 0 Å². The van der Waals surface area contributed by atoms with Gasteiger partial charge >= 0.3 is 0 Å². The number of hydrogen-bond acceptors (Lipinski definition) is 3. The average Bonchev–Trinajstić information content (AvgIpc) is 2.25. The van der Waals surface area contributed by atoms with Gasteiger partial charge in [0.1, 0.15) is 5.75 Å². The van der Waals surface area contributed by atoms with Gasteiger partial charge in [-0.25, -0.2) is 0 Å². The third-order valence-corrected chi connectivity index (χ3v) is 3.38. The summed E-state index contributed by atoms with van der Waals surface area (Å²) in [5, 5.41) is 3.39. The van der Waals surface area contributed by atoms with Gasteiger partial charge in [0, 0.05) is 5.02 Å². The Kier molecular flexibility index (Phi) is 4.47. The SMILES string of the molecule is O=C(COc1cc(Cl)ccc1I)NC1COC1.